The van der Waals surface area contributed by atoms with Crippen molar-refractivity contribution in [2.75, 3.05) is 18.1 Å². The second-order valence-electron chi connectivity index (χ2n) is 4.24. The lowest BCUT2D eigenvalue weighted by atomic mass is 10.1. The fourth-order valence-electron chi connectivity index (χ4n) is 1.74. The zero-order chi connectivity index (χ0) is 14.5. The van der Waals surface area contributed by atoms with Gasteiger partial charge in [0, 0.05) is 15.8 Å². The highest BCUT2D eigenvalue weighted by atomic mass is 35.5. The molecule has 0 bridgehead atoms. The lowest BCUT2D eigenvalue weighted by Crippen LogP contribution is -2.28. The average Bonchev–Trinajstić information content (AvgIpc) is 2.89. The third-order valence-corrected chi connectivity index (χ3v) is 5.51. The number of carbonyl (C=O) groups excluding carboxylic acids is 1. The van der Waals surface area contributed by atoms with Gasteiger partial charge in [-0.15, -0.1) is 0 Å². The van der Waals surface area contributed by atoms with Gasteiger partial charge in [-0.05, 0) is 24.6 Å². The SMILES string of the molecule is C[C@@H](NC(=O)CSC1=NCCS1)c1ccc(Cl)cc1Cl. The molecule has 0 aliphatic carbocycles. The number of thioether (sulfide) groups is 2. The molecule has 0 fully saturated rings. The van der Waals surface area contributed by atoms with Crippen molar-refractivity contribution in [2.45, 2.75) is 13.0 Å². The molecule has 1 amide bonds. The Labute approximate surface area is 136 Å². The summed E-state index contributed by atoms with van der Waals surface area (Å²) in [6.45, 7) is 2.75. The van der Waals surface area contributed by atoms with E-state index in [0.717, 1.165) is 22.2 Å². The molecular weight excluding hydrogens is 335 g/mol. The number of carbonyl (C=O) groups is 1. The Balaban J connectivity index is 1.86. The second-order valence-corrected chi connectivity index (χ2v) is 7.39. The summed E-state index contributed by atoms with van der Waals surface area (Å²) in [4.78, 5) is 16.2. The maximum absolute atomic E-state index is 11.9. The van der Waals surface area contributed by atoms with E-state index in [-0.39, 0.29) is 11.9 Å². The maximum Gasteiger partial charge on any atom is 0.230 e. The molecule has 1 aromatic rings. The zero-order valence-electron chi connectivity index (χ0n) is 10.9. The number of rotatable bonds is 4. The van der Waals surface area contributed by atoms with Crippen LogP contribution in [0, 0.1) is 0 Å². The molecule has 1 aliphatic rings. The largest absolute Gasteiger partial charge is 0.349 e. The third-order valence-electron chi connectivity index (χ3n) is 2.69. The molecule has 0 unspecified atom stereocenters. The van der Waals surface area contributed by atoms with Crippen LogP contribution in [0.25, 0.3) is 0 Å². The fraction of sp³-hybridized carbons (Fsp3) is 0.385. The van der Waals surface area contributed by atoms with E-state index in [1.54, 1.807) is 23.9 Å². The number of nitrogens with zero attached hydrogens (tertiary/aromatic N) is 1. The van der Waals surface area contributed by atoms with E-state index in [2.05, 4.69) is 10.3 Å². The highest BCUT2D eigenvalue weighted by molar-refractivity contribution is 8.39. The quantitative estimate of drug-likeness (QED) is 0.893. The summed E-state index contributed by atoms with van der Waals surface area (Å²) >= 11 is 15.2. The highest BCUT2D eigenvalue weighted by Gasteiger charge is 2.15. The summed E-state index contributed by atoms with van der Waals surface area (Å²) in [7, 11) is 0. The molecule has 0 saturated heterocycles. The predicted octanol–water partition coefficient (Wildman–Crippen LogP) is 4.01. The van der Waals surface area contributed by atoms with Crippen LogP contribution in [-0.2, 0) is 4.79 Å². The number of benzene rings is 1. The van der Waals surface area contributed by atoms with Crippen molar-refractivity contribution >= 4 is 57.0 Å². The number of amides is 1. The van der Waals surface area contributed by atoms with Gasteiger partial charge in [0.05, 0.1) is 18.3 Å². The van der Waals surface area contributed by atoms with E-state index in [1.807, 2.05) is 13.0 Å². The maximum atomic E-state index is 11.9. The van der Waals surface area contributed by atoms with Gasteiger partial charge in [0.15, 0.2) is 0 Å². The number of aliphatic imine (C=N–C) groups is 1. The van der Waals surface area contributed by atoms with E-state index in [9.17, 15) is 4.79 Å². The van der Waals surface area contributed by atoms with E-state index in [4.69, 9.17) is 23.2 Å². The fourth-order valence-corrected chi connectivity index (χ4v) is 4.14. The molecule has 0 spiro atoms. The molecule has 0 saturated carbocycles. The van der Waals surface area contributed by atoms with Gasteiger partial charge in [-0.25, -0.2) is 0 Å². The van der Waals surface area contributed by atoms with Crippen molar-refractivity contribution in [1.82, 2.24) is 5.32 Å². The first-order valence-corrected chi connectivity index (χ1v) is 8.83. The van der Waals surface area contributed by atoms with Crippen LogP contribution in [0.3, 0.4) is 0 Å². The van der Waals surface area contributed by atoms with Crippen LogP contribution in [0.2, 0.25) is 10.0 Å². The van der Waals surface area contributed by atoms with Gasteiger partial charge in [0.25, 0.3) is 0 Å². The number of nitrogens with one attached hydrogen (secondary N) is 1. The summed E-state index contributed by atoms with van der Waals surface area (Å²) in [6, 6.07) is 5.13. The van der Waals surface area contributed by atoms with Crippen molar-refractivity contribution in [2.24, 2.45) is 4.99 Å². The van der Waals surface area contributed by atoms with E-state index in [1.165, 1.54) is 11.8 Å². The molecule has 1 atom stereocenters. The van der Waals surface area contributed by atoms with E-state index >= 15 is 0 Å². The van der Waals surface area contributed by atoms with Crippen molar-refractivity contribution in [3.8, 4) is 0 Å². The standard InChI is InChI=1S/C13H14Cl2N2OS2/c1-8(10-3-2-9(14)6-11(10)15)17-12(18)7-20-13-16-4-5-19-13/h2-3,6,8H,4-5,7H2,1H3,(H,17,18)/t8-/m1/s1. The molecule has 7 heteroatoms. The molecule has 108 valence electrons. The minimum atomic E-state index is -0.147. The number of hydrogen-bond donors (Lipinski definition) is 1. The van der Waals surface area contributed by atoms with Gasteiger partial charge < -0.3 is 5.32 Å². The lowest BCUT2D eigenvalue weighted by Gasteiger charge is -2.15. The molecule has 1 heterocycles. The van der Waals surface area contributed by atoms with Crippen molar-refractivity contribution in [3.63, 3.8) is 0 Å². The van der Waals surface area contributed by atoms with Gasteiger partial charge in [0.2, 0.25) is 5.91 Å². The van der Waals surface area contributed by atoms with Crippen LogP contribution < -0.4 is 5.32 Å². The van der Waals surface area contributed by atoms with Crippen LogP contribution in [0.5, 0.6) is 0 Å². The summed E-state index contributed by atoms with van der Waals surface area (Å²) in [5, 5.41) is 4.08. The van der Waals surface area contributed by atoms with Gasteiger partial charge in [0.1, 0.15) is 4.38 Å². The summed E-state index contributed by atoms with van der Waals surface area (Å²) in [5.74, 6) is 1.37. The van der Waals surface area contributed by atoms with Gasteiger partial charge in [-0.1, -0.05) is 52.8 Å². The number of halogens is 2. The Bertz CT molecular complexity index is 537. The van der Waals surface area contributed by atoms with Crippen molar-refractivity contribution < 1.29 is 4.79 Å². The van der Waals surface area contributed by atoms with Crippen molar-refractivity contribution in [3.05, 3.63) is 33.8 Å². The first-order chi connectivity index (χ1) is 9.56. The Morgan fingerprint density at radius 2 is 2.35 bits per heavy atom. The van der Waals surface area contributed by atoms with E-state index < -0.39 is 0 Å². The molecule has 0 radical (unpaired) electrons. The molecule has 1 N–H and O–H groups in total. The molecule has 20 heavy (non-hydrogen) atoms. The van der Waals surface area contributed by atoms with Gasteiger partial charge >= 0.3 is 0 Å². The van der Waals surface area contributed by atoms with Gasteiger partial charge in [-0.3, -0.25) is 9.79 Å². The van der Waals surface area contributed by atoms with Crippen LogP contribution in [-0.4, -0.2) is 28.3 Å². The third kappa shape index (κ3) is 4.58. The Hall–Kier alpha value is -0.360. The molecule has 1 aromatic carbocycles. The normalized spacial score (nSPS) is 15.8. The number of hydrogen-bond acceptors (Lipinski definition) is 4. The van der Waals surface area contributed by atoms with Crippen LogP contribution in [0.15, 0.2) is 23.2 Å². The Morgan fingerprint density at radius 3 is 3.00 bits per heavy atom. The monoisotopic (exact) mass is 348 g/mol. The van der Waals surface area contributed by atoms with Gasteiger partial charge in [-0.2, -0.15) is 0 Å². The smallest absolute Gasteiger partial charge is 0.230 e. The highest BCUT2D eigenvalue weighted by Crippen LogP contribution is 2.26. The predicted molar refractivity (Wildman–Crippen MR) is 90.2 cm³/mol. The van der Waals surface area contributed by atoms with Crippen LogP contribution in [0.1, 0.15) is 18.5 Å². The first-order valence-electron chi connectivity index (χ1n) is 6.10. The molecule has 0 aromatic heterocycles. The first kappa shape index (κ1) is 16.0. The molecule has 1 aliphatic heterocycles. The van der Waals surface area contributed by atoms with Crippen molar-refractivity contribution in [1.29, 1.82) is 0 Å². The second kappa shape index (κ2) is 7.59. The minimum Gasteiger partial charge on any atom is -0.349 e. The Kier molecular flexibility index (Phi) is 6.08. The Morgan fingerprint density at radius 1 is 1.55 bits per heavy atom. The summed E-state index contributed by atoms with van der Waals surface area (Å²) in [6.07, 6.45) is 0. The zero-order valence-corrected chi connectivity index (χ0v) is 14.0. The summed E-state index contributed by atoms with van der Waals surface area (Å²) in [5.41, 5.74) is 0.863. The van der Waals surface area contributed by atoms with E-state index in [0.29, 0.717) is 15.8 Å². The lowest BCUT2D eigenvalue weighted by molar-refractivity contribution is -0.119. The molecule has 3 nitrogen and oxygen atoms in total. The minimum absolute atomic E-state index is 0.0243. The van der Waals surface area contributed by atoms with Crippen LogP contribution in [0.4, 0.5) is 0 Å². The van der Waals surface area contributed by atoms with Crippen LogP contribution >= 0.6 is 46.7 Å². The molecule has 2 rings (SSSR count). The average molecular weight is 349 g/mol. The molecular formula is C13H14Cl2N2OS2. The summed E-state index contributed by atoms with van der Waals surface area (Å²) < 4.78 is 0.998. The topological polar surface area (TPSA) is 41.5 Å².